The summed E-state index contributed by atoms with van der Waals surface area (Å²) < 4.78 is 17.1. The van der Waals surface area contributed by atoms with Crippen LogP contribution >= 0.6 is 11.8 Å². The van der Waals surface area contributed by atoms with Gasteiger partial charge >= 0.3 is 5.97 Å². The predicted octanol–water partition coefficient (Wildman–Crippen LogP) is 5.33. The zero-order valence-corrected chi connectivity index (χ0v) is 19.3. The first-order valence-corrected chi connectivity index (χ1v) is 11.1. The summed E-state index contributed by atoms with van der Waals surface area (Å²) in [5, 5.41) is 8.74. The molecule has 5 nitrogen and oxygen atoms in total. The van der Waals surface area contributed by atoms with Crippen molar-refractivity contribution in [2.24, 2.45) is 0 Å². The zero-order chi connectivity index (χ0) is 22.1. The largest absolute Gasteiger partial charge is 0.491 e. The monoisotopic (exact) mass is 432 g/mol. The maximum atomic E-state index is 10.7. The highest BCUT2D eigenvalue weighted by Gasteiger charge is 2.14. The molecule has 164 valence electrons. The van der Waals surface area contributed by atoms with Crippen molar-refractivity contribution in [1.29, 1.82) is 0 Å². The molecule has 0 spiro atoms. The lowest BCUT2D eigenvalue weighted by Gasteiger charge is -2.20. The molecule has 2 aromatic rings. The third-order valence-corrected chi connectivity index (χ3v) is 5.62. The van der Waals surface area contributed by atoms with Gasteiger partial charge in [-0.15, -0.1) is 11.8 Å². The quantitative estimate of drug-likeness (QED) is 0.484. The zero-order valence-electron chi connectivity index (χ0n) is 18.4. The SMILES string of the molecule is CCOC(COc1ccc(C(C)(C)C)cc1)CSc1ccc(OCC(=O)O)c(C)c1. The molecule has 30 heavy (non-hydrogen) atoms. The number of thioether (sulfide) groups is 1. The number of hydrogen-bond donors (Lipinski definition) is 1. The summed E-state index contributed by atoms with van der Waals surface area (Å²) in [6, 6.07) is 14.0. The highest BCUT2D eigenvalue weighted by Crippen LogP contribution is 2.27. The molecule has 0 bridgehead atoms. The summed E-state index contributed by atoms with van der Waals surface area (Å²) in [6.07, 6.45) is -0.0365. The molecule has 0 aliphatic carbocycles. The van der Waals surface area contributed by atoms with Crippen molar-refractivity contribution in [3.05, 3.63) is 53.6 Å². The van der Waals surface area contributed by atoms with Crippen molar-refractivity contribution < 1.29 is 24.1 Å². The summed E-state index contributed by atoms with van der Waals surface area (Å²) in [6.45, 7) is 11.2. The third kappa shape index (κ3) is 7.92. The fourth-order valence-electron chi connectivity index (χ4n) is 2.82. The van der Waals surface area contributed by atoms with Gasteiger partial charge in [0, 0.05) is 17.3 Å². The van der Waals surface area contributed by atoms with E-state index in [0.717, 1.165) is 22.0 Å². The van der Waals surface area contributed by atoms with Crippen molar-refractivity contribution in [2.75, 3.05) is 25.6 Å². The first-order chi connectivity index (χ1) is 14.2. The average Bonchev–Trinajstić information content (AvgIpc) is 2.69. The van der Waals surface area contributed by atoms with Crippen molar-refractivity contribution in [3.63, 3.8) is 0 Å². The van der Waals surface area contributed by atoms with Crippen LogP contribution in [0.1, 0.15) is 38.8 Å². The standard InChI is InChI=1S/C24H32O5S/c1-6-27-20(14-28-19-9-7-18(8-10-19)24(3,4)5)16-30-21-11-12-22(17(2)13-21)29-15-23(25)26/h7-13,20H,6,14-16H2,1-5H3,(H,25,26). The molecule has 1 atom stereocenters. The van der Waals surface area contributed by atoms with E-state index in [-0.39, 0.29) is 18.1 Å². The topological polar surface area (TPSA) is 65.0 Å². The maximum Gasteiger partial charge on any atom is 0.341 e. The Morgan fingerprint density at radius 1 is 1.10 bits per heavy atom. The Morgan fingerprint density at radius 3 is 2.37 bits per heavy atom. The normalized spacial score (nSPS) is 12.4. The van der Waals surface area contributed by atoms with Crippen LogP contribution in [0, 0.1) is 6.92 Å². The molecule has 6 heteroatoms. The highest BCUT2D eigenvalue weighted by atomic mass is 32.2. The molecule has 0 aliphatic heterocycles. The fourth-order valence-corrected chi connectivity index (χ4v) is 3.82. The van der Waals surface area contributed by atoms with Crippen LogP contribution in [-0.2, 0) is 14.9 Å². The van der Waals surface area contributed by atoms with Gasteiger partial charge in [0.15, 0.2) is 6.61 Å². The van der Waals surface area contributed by atoms with E-state index in [1.54, 1.807) is 11.8 Å². The summed E-state index contributed by atoms with van der Waals surface area (Å²) in [5.41, 5.74) is 2.30. The van der Waals surface area contributed by atoms with E-state index in [2.05, 4.69) is 32.9 Å². The lowest BCUT2D eigenvalue weighted by molar-refractivity contribution is -0.139. The van der Waals surface area contributed by atoms with Gasteiger partial charge in [0.2, 0.25) is 0 Å². The van der Waals surface area contributed by atoms with E-state index in [4.69, 9.17) is 19.3 Å². The molecule has 1 N–H and O–H groups in total. The van der Waals surface area contributed by atoms with Gasteiger partial charge in [0.05, 0.1) is 0 Å². The van der Waals surface area contributed by atoms with Crippen molar-refractivity contribution in [1.82, 2.24) is 0 Å². The number of hydrogen-bond acceptors (Lipinski definition) is 5. The van der Waals surface area contributed by atoms with Gasteiger partial charge in [-0.2, -0.15) is 0 Å². The molecule has 0 aromatic heterocycles. The highest BCUT2D eigenvalue weighted by molar-refractivity contribution is 7.99. The Bertz CT molecular complexity index is 811. The number of ether oxygens (including phenoxy) is 3. The van der Waals surface area contributed by atoms with Crippen LogP contribution in [0.2, 0.25) is 0 Å². The maximum absolute atomic E-state index is 10.7. The van der Waals surface area contributed by atoms with Gasteiger partial charge in [0.25, 0.3) is 0 Å². The average molecular weight is 433 g/mol. The number of aliphatic carboxylic acids is 1. The summed E-state index contributed by atoms with van der Waals surface area (Å²) in [7, 11) is 0. The second-order valence-corrected chi connectivity index (χ2v) is 9.18. The first-order valence-electron chi connectivity index (χ1n) is 10.1. The predicted molar refractivity (Wildman–Crippen MR) is 121 cm³/mol. The van der Waals surface area contributed by atoms with E-state index < -0.39 is 5.97 Å². The third-order valence-electron chi connectivity index (χ3n) is 4.49. The van der Waals surface area contributed by atoms with Crippen LogP contribution in [0.3, 0.4) is 0 Å². The second-order valence-electron chi connectivity index (χ2n) is 8.08. The molecular weight excluding hydrogens is 400 g/mol. The summed E-state index contributed by atoms with van der Waals surface area (Å²) in [4.78, 5) is 11.7. The molecule has 0 aliphatic rings. The van der Waals surface area contributed by atoms with Crippen LogP contribution in [0.4, 0.5) is 0 Å². The van der Waals surface area contributed by atoms with Crippen LogP contribution in [-0.4, -0.2) is 42.8 Å². The van der Waals surface area contributed by atoms with Gasteiger partial charge in [-0.05, 0) is 60.7 Å². The number of benzene rings is 2. The first kappa shape index (κ1) is 24.1. The Hall–Kier alpha value is -2.18. The van der Waals surface area contributed by atoms with E-state index >= 15 is 0 Å². The molecule has 0 amide bonds. The number of rotatable bonds is 11. The summed E-state index contributed by atoms with van der Waals surface area (Å²) >= 11 is 1.68. The van der Waals surface area contributed by atoms with Gasteiger partial charge in [0.1, 0.15) is 24.2 Å². The second kappa shape index (κ2) is 11.3. The van der Waals surface area contributed by atoms with Gasteiger partial charge < -0.3 is 19.3 Å². The van der Waals surface area contributed by atoms with Gasteiger partial charge in [-0.1, -0.05) is 32.9 Å². The molecule has 2 rings (SSSR count). The molecule has 2 aromatic carbocycles. The number of aryl methyl sites for hydroxylation is 1. The fraction of sp³-hybridized carbons (Fsp3) is 0.458. The van der Waals surface area contributed by atoms with E-state index in [1.165, 1.54) is 5.56 Å². The smallest absolute Gasteiger partial charge is 0.341 e. The van der Waals surface area contributed by atoms with Crippen LogP contribution in [0.15, 0.2) is 47.4 Å². The minimum absolute atomic E-state index is 0.0365. The van der Waals surface area contributed by atoms with Crippen molar-refractivity contribution >= 4 is 17.7 Å². The number of carboxylic acids is 1. The minimum Gasteiger partial charge on any atom is -0.491 e. The lowest BCUT2D eigenvalue weighted by Crippen LogP contribution is -2.24. The van der Waals surface area contributed by atoms with Crippen molar-refractivity contribution in [3.8, 4) is 11.5 Å². The Kier molecular flexibility index (Phi) is 9.06. The van der Waals surface area contributed by atoms with Crippen LogP contribution in [0.5, 0.6) is 11.5 Å². The summed E-state index contributed by atoms with van der Waals surface area (Å²) in [5.74, 6) is 1.20. The van der Waals surface area contributed by atoms with Crippen LogP contribution in [0.25, 0.3) is 0 Å². The molecule has 1 unspecified atom stereocenters. The molecule has 0 saturated heterocycles. The molecular formula is C24H32O5S. The molecule has 0 saturated carbocycles. The van der Waals surface area contributed by atoms with E-state index in [1.807, 2.05) is 44.2 Å². The van der Waals surface area contributed by atoms with Gasteiger partial charge in [-0.25, -0.2) is 4.79 Å². The minimum atomic E-state index is -0.986. The Morgan fingerprint density at radius 2 is 1.80 bits per heavy atom. The van der Waals surface area contributed by atoms with Crippen LogP contribution < -0.4 is 9.47 Å². The lowest BCUT2D eigenvalue weighted by atomic mass is 9.87. The molecule has 0 heterocycles. The van der Waals surface area contributed by atoms with E-state index in [0.29, 0.717) is 19.0 Å². The molecule has 0 radical (unpaired) electrons. The Balaban J connectivity index is 1.89. The Labute approximate surface area is 183 Å². The number of carbonyl (C=O) groups is 1. The van der Waals surface area contributed by atoms with Crippen molar-refractivity contribution in [2.45, 2.75) is 51.0 Å². The van der Waals surface area contributed by atoms with E-state index in [9.17, 15) is 4.79 Å². The molecule has 0 fully saturated rings. The van der Waals surface area contributed by atoms with Gasteiger partial charge in [-0.3, -0.25) is 0 Å². The number of carboxylic acid groups (broad SMARTS) is 1.